The van der Waals surface area contributed by atoms with Crippen LogP contribution in [0.2, 0.25) is 10.0 Å². The van der Waals surface area contributed by atoms with Crippen molar-refractivity contribution in [2.24, 2.45) is 0 Å². The second kappa shape index (κ2) is 4.49. The summed E-state index contributed by atoms with van der Waals surface area (Å²) in [5.74, 6) is 0. The normalized spacial score (nSPS) is 16.7. The summed E-state index contributed by atoms with van der Waals surface area (Å²) < 4.78 is 5.59. The lowest BCUT2D eigenvalue weighted by Crippen LogP contribution is -2.48. The molecule has 0 aliphatic carbocycles. The van der Waals surface area contributed by atoms with E-state index in [2.05, 4.69) is 5.32 Å². The molecule has 1 N–H and O–H groups in total. The van der Waals surface area contributed by atoms with Crippen LogP contribution in [0.3, 0.4) is 0 Å². The Hall–Kier alpha value is -0.280. The van der Waals surface area contributed by atoms with Crippen LogP contribution < -0.4 is 5.32 Å². The molecular weight excluding hydrogens is 221 g/mol. The molecule has 1 heterocycles. The number of hydrogen-bond donors (Lipinski definition) is 1. The van der Waals surface area contributed by atoms with Gasteiger partial charge in [-0.1, -0.05) is 29.3 Å². The van der Waals surface area contributed by atoms with Crippen molar-refractivity contribution in [2.45, 2.75) is 12.7 Å². The molecule has 0 bridgehead atoms. The van der Waals surface area contributed by atoms with Gasteiger partial charge in [0, 0.05) is 23.1 Å². The van der Waals surface area contributed by atoms with E-state index in [4.69, 9.17) is 27.9 Å². The van der Waals surface area contributed by atoms with Gasteiger partial charge in [-0.3, -0.25) is 0 Å². The highest BCUT2D eigenvalue weighted by molar-refractivity contribution is 6.35. The predicted molar refractivity (Wildman–Crippen MR) is 57.9 cm³/mol. The number of rotatable bonds is 3. The van der Waals surface area contributed by atoms with E-state index in [9.17, 15) is 0 Å². The van der Waals surface area contributed by atoms with Gasteiger partial charge in [-0.25, -0.2) is 0 Å². The zero-order chi connectivity index (χ0) is 9.97. The number of benzene rings is 1. The average molecular weight is 232 g/mol. The second-order valence-electron chi connectivity index (χ2n) is 3.33. The van der Waals surface area contributed by atoms with E-state index >= 15 is 0 Å². The molecule has 14 heavy (non-hydrogen) atoms. The van der Waals surface area contributed by atoms with Crippen LogP contribution in [0.4, 0.5) is 0 Å². The maximum Gasteiger partial charge on any atom is 0.0828 e. The van der Waals surface area contributed by atoms with Gasteiger partial charge in [0.15, 0.2) is 0 Å². The van der Waals surface area contributed by atoms with Gasteiger partial charge in [-0.15, -0.1) is 0 Å². The Balaban J connectivity index is 1.94. The number of ether oxygens (including phenoxy) is 1. The van der Waals surface area contributed by atoms with Gasteiger partial charge in [-0.05, 0) is 17.7 Å². The van der Waals surface area contributed by atoms with Gasteiger partial charge in [-0.2, -0.15) is 0 Å². The first kappa shape index (κ1) is 10.2. The molecule has 0 aromatic heterocycles. The van der Waals surface area contributed by atoms with Gasteiger partial charge in [0.1, 0.15) is 0 Å². The van der Waals surface area contributed by atoms with E-state index in [-0.39, 0.29) is 0 Å². The Kier molecular flexibility index (Phi) is 3.29. The molecule has 1 aromatic carbocycles. The van der Waals surface area contributed by atoms with Crippen molar-refractivity contribution >= 4 is 23.2 Å². The molecule has 4 heteroatoms. The highest BCUT2D eigenvalue weighted by atomic mass is 35.5. The molecule has 1 aliphatic heterocycles. The molecule has 2 nitrogen and oxygen atoms in total. The molecule has 1 aromatic rings. The van der Waals surface area contributed by atoms with Crippen molar-refractivity contribution in [1.29, 1.82) is 0 Å². The van der Waals surface area contributed by atoms with Crippen molar-refractivity contribution in [1.82, 2.24) is 5.32 Å². The first-order valence-corrected chi connectivity index (χ1v) is 5.27. The first-order chi connectivity index (χ1) is 6.75. The monoisotopic (exact) mass is 231 g/mol. The Labute approximate surface area is 93.2 Å². The minimum absolute atomic E-state index is 0.335. The minimum Gasteiger partial charge on any atom is -0.371 e. The van der Waals surface area contributed by atoms with E-state index in [1.54, 1.807) is 6.07 Å². The quantitative estimate of drug-likeness (QED) is 0.864. The summed E-state index contributed by atoms with van der Waals surface area (Å²) >= 11 is 11.8. The van der Waals surface area contributed by atoms with Gasteiger partial charge < -0.3 is 10.1 Å². The Morgan fingerprint density at radius 1 is 1.36 bits per heavy atom. The van der Waals surface area contributed by atoms with E-state index in [0.29, 0.717) is 22.8 Å². The van der Waals surface area contributed by atoms with Crippen molar-refractivity contribution in [3.63, 3.8) is 0 Å². The van der Waals surface area contributed by atoms with E-state index in [0.717, 1.165) is 18.7 Å². The zero-order valence-corrected chi connectivity index (χ0v) is 9.11. The molecule has 0 atom stereocenters. The lowest BCUT2D eigenvalue weighted by Gasteiger charge is -2.27. The highest BCUT2D eigenvalue weighted by Gasteiger charge is 2.17. The van der Waals surface area contributed by atoms with E-state index in [1.807, 2.05) is 12.1 Å². The highest BCUT2D eigenvalue weighted by Crippen LogP contribution is 2.22. The molecule has 1 saturated heterocycles. The fourth-order valence-electron chi connectivity index (χ4n) is 1.23. The van der Waals surface area contributed by atoms with Crippen LogP contribution in [-0.2, 0) is 11.3 Å². The molecule has 76 valence electrons. The van der Waals surface area contributed by atoms with Gasteiger partial charge in [0.2, 0.25) is 0 Å². The van der Waals surface area contributed by atoms with Gasteiger partial charge in [0.05, 0.1) is 12.7 Å². The fraction of sp³-hybridized carbons (Fsp3) is 0.400. The molecule has 0 unspecified atom stereocenters. The van der Waals surface area contributed by atoms with Crippen LogP contribution in [0, 0.1) is 0 Å². The third-order valence-electron chi connectivity index (χ3n) is 2.23. The van der Waals surface area contributed by atoms with Crippen LogP contribution in [0.15, 0.2) is 18.2 Å². The van der Waals surface area contributed by atoms with Crippen LogP contribution >= 0.6 is 23.2 Å². The van der Waals surface area contributed by atoms with Crippen LogP contribution in [-0.4, -0.2) is 19.2 Å². The molecule has 1 aliphatic rings. The fourth-order valence-corrected chi connectivity index (χ4v) is 1.69. The van der Waals surface area contributed by atoms with Crippen molar-refractivity contribution in [2.75, 3.05) is 13.1 Å². The Morgan fingerprint density at radius 3 is 2.71 bits per heavy atom. The molecule has 0 amide bonds. The van der Waals surface area contributed by atoms with E-state index < -0.39 is 0 Å². The summed E-state index contributed by atoms with van der Waals surface area (Å²) in [5.41, 5.74) is 0.989. The standard InChI is InChI=1S/C10H11Cl2NO/c11-8-2-1-7(10(12)3-8)6-14-9-4-13-5-9/h1-3,9,13H,4-6H2. The van der Waals surface area contributed by atoms with Crippen molar-refractivity contribution in [3.05, 3.63) is 33.8 Å². The van der Waals surface area contributed by atoms with Crippen LogP contribution in [0.25, 0.3) is 0 Å². The summed E-state index contributed by atoms with van der Waals surface area (Å²) in [6.45, 7) is 2.43. The SMILES string of the molecule is Clc1ccc(COC2CNC2)c(Cl)c1. The maximum absolute atomic E-state index is 5.99. The minimum atomic E-state index is 0.335. The number of nitrogens with one attached hydrogen (secondary N) is 1. The Bertz CT molecular complexity index is 326. The summed E-state index contributed by atoms with van der Waals surface area (Å²) in [6, 6.07) is 5.46. The molecular formula is C10H11Cl2NO. The molecule has 2 rings (SSSR count). The third kappa shape index (κ3) is 2.39. The third-order valence-corrected chi connectivity index (χ3v) is 2.82. The summed E-state index contributed by atoms with van der Waals surface area (Å²) in [4.78, 5) is 0. The largest absolute Gasteiger partial charge is 0.371 e. The number of halogens is 2. The second-order valence-corrected chi connectivity index (χ2v) is 4.17. The smallest absolute Gasteiger partial charge is 0.0828 e. The topological polar surface area (TPSA) is 21.3 Å². The summed E-state index contributed by atoms with van der Waals surface area (Å²) in [6.07, 6.45) is 0.335. The lowest BCUT2D eigenvalue weighted by molar-refractivity contribution is 0.00762. The average Bonchev–Trinajstić information content (AvgIpc) is 2.05. The lowest BCUT2D eigenvalue weighted by atomic mass is 10.2. The predicted octanol–water partition coefficient (Wildman–Crippen LogP) is 2.48. The maximum atomic E-state index is 5.99. The molecule has 0 radical (unpaired) electrons. The van der Waals surface area contributed by atoms with Gasteiger partial charge >= 0.3 is 0 Å². The zero-order valence-electron chi connectivity index (χ0n) is 7.59. The Morgan fingerprint density at radius 2 is 2.14 bits per heavy atom. The van der Waals surface area contributed by atoms with Crippen LogP contribution in [0.5, 0.6) is 0 Å². The van der Waals surface area contributed by atoms with Crippen LogP contribution in [0.1, 0.15) is 5.56 Å². The number of hydrogen-bond acceptors (Lipinski definition) is 2. The molecule has 0 spiro atoms. The molecule has 1 fully saturated rings. The van der Waals surface area contributed by atoms with Crippen molar-refractivity contribution < 1.29 is 4.74 Å². The molecule has 0 saturated carbocycles. The summed E-state index contributed by atoms with van der Waals surface area (Å²) in [7, 11) is 0. The van der Waals surface area contributed by atoms with E-state index in [1.165, 1.54) is 0 Å². The van der Waals surface area contributed by atoms with Crippen molar-refractivity contribution in [3.8, 4) is 0 Å². The summed E-state index contributed by atoms with van der Waals surface area (Å²) in [5, 5.41) is 4.47. The van der Waals surface area contributed by atoms with Gasteiger partial charge in [0.25, 0.3) is 0 Å². The first-order valence-electron chi connectivity index (χ1n) is 4.52.